The maximum absolute atomic E-state index is 12.2. The minimum Gasteiger partial charge on any atom is -0.481 e. The molecule has 0 N–H and O–H groups in total. The van der Waals surface area contributed by atoms with Crippen LogP contribution in [0.5, 0.6) is 5.75 Å². The molecule has 0 aliphatic heterocycles. The molecular formula is C11H10ClF3O2. The summed E-state index contributed by atoms with van der Waals surface area (Å²) in [5, 5.41) is 0.0735. The van der Waals surface area contributed by atoms with Crippen molar-refractivity contribution in [2.75, 3.05) is 0 Å². The Balaban J connectivity index is 2.88. The van der Waals surface area contributed by atoms with Crippen molar-refractivity contribution in [1.82, 2.24) is 0 Å². The first kappa shape index (κ1) is 13.8. The van der Waals surface area contributed by atoms with Gasteiger partial charge in [0, 0.05) is 5.56 Å². The van der Waals surface area contributed by atoms with Crippen molar-refractivity contribution in [3.63, 3.8) is 0 Å². The van der Waals surface area contributed by atoms with Crippen molar-refractivity contribution in [2.45, 2.75) is 26.1 Å². The van der Waals surface area contributed by atoms with Crippen LogP contribution < -0.4 is 4.74 Å². The molecular weight excluding hydrogens is 257 g/mol. The fraction of sp³-hybridized carbons (Fsp3) is 0.364. The van der Waals surface area contributed by atoms with Gasteiger partial charge in [0.05, 0.1) is 5.02 Å². The van der Waals surface area contributed by atoms with E-state index in [1.165, 1.54) is 25.1 Å². The van der Waals surface area contributed by atoms with Crippen LogP contribution in [-0.2, 0) is 0 Å². The number of halogens is 4. The number of benzene rings is 1. The molecule has 0 radical (unpaired) electrons. The SMILES string of the molecule is CC(=O)c1ccc(OC(C)C(F)(F)F)cc1Cl. The molecule has 0 aromatic heterocycles. The number of carbonyl (C=O) groups excluding carboxylic acids is 1. The van der Waals surface area contributed by atoms with Gasteiger partial charge in [-0.25, -0.2) is 0 Å². The summed E-state index contributed by atoms with van der Waals surface area (Å²) in [6, 6.07) is 3.81. The van der Waals surface area contributed by atoms with E-state index in [-0.39, 0.29) is 22.1 Å². The zero-order valence-electron chi connectivity index (χ0n) is 9.14. The molecule has 1 aromatic rings. The van der Waals surface area contributed by atoms with Gasteiger partial charge < -0.3 is 4.74 Å². The molecule has 0 bridgehead atoms. The molecule has 0 amide bonds. The second-order valence-electron chi connectivity index (χ2n) is 3.50. The van der Waals surface area contributed by atoms with Gasteiger partial charge in [-0.3, -0.25) is 4.79 Å². The fourth-order valence-corrected chi connectivity index (χ4v) is 1.43. The first-order valence-corrected chi connectivity index (χ1v) is 5.13. The molecule has 0 aliphatic carbocycles. The number of alkyl halides is 3. The summed E-state index contributed by atoms with van der Waals surface area (Å²) >= 11 is 5.74. The molecule has 1 rings (SSSR count). The summed E-state index contributed by atoms with van der Waals surface area (Å²) in [4.78, 5) is 11.1. The Morgan fingerprint density at radius 3 is 2.41 bits per heavy atom. The van der Waals surface area contributed by atoms with Gasteiger partial charge in [0.2, 0.25) is 0 Å². The predicted molar refractivity (Wildman–Crippen MR) is 57.6 cm³/mol. The number of ketones is 1. The van der Waals surface area contributed by atoms with Crippen molar-refractivity contribution >= 4 is 17.4 Å². The fourth-order valence-electron chi connectivity index (χ4n) is 1.13. The summed E-state index contributed by atoms with van der Waals surface area (Å²) < 4.78 is 41.4. The first-order valence-electron chi connectivity index (χ1n) is 4.75. The molecule has 1 atom stereocenters. The van der Waals surface area contributed by atoms with Gasteiger partial charge in [-0.2, -0.15) is 13.2 Å². The van der Waals surface area contributed by atoms with Crippen molar-refractivity contribution in [2.24, 2.45) is 0 Å². The number of Topliss-reactive ketones (excluding diaryl/α,β-unsaturated/α-hetero) is 1. The van der Waals surface area contributed by atoms with E-state index in [2.05, 4.69) is 4.74 Å². The van der Waals surface area contributed by atoms with E-state index >= 15 is 0 Å². The van der Waals surface area contributed by atoms with Crippen LogP contribution in [0, 0.1) is 0 Å². The Bertz CT molecular complexity index is 429. The molecule has 0 fully saturated rings. The Kier molecular flexibility index (Phi) is 4.03. The number of hydrogen-bond donors (Lipinski definition) is 0. The third-order valence-corrected chi connectivity index (χ3v) is 2.41. The first-order chi connectivity index (χ1) is 7.71. The molecule has 6 heteroatoms. The Morgan fingerprint density at radius 2 is 2.00 bits per heavy atom. The van der Waals surface area contributed by atoms with E-state index < -0.39 is 12.3 Å². The van der Waals surface area contributed by atoms with Crippen molar-refractivity contribution in [3.8, 4) is 5.75 Å². The molecule has 0 heterocycles. The van der Waals surface area contributed by atoms with Crippen LogP contribution in [0.4, 0.5) is 13.2 Å². The molecule has 2 nitrogen and oxygen atoms in total. The smallest absolute Gasteiger partial charge is 0.425 e. The molecule has 0 spiro atoms. The molecule has 1 unspecified atom stereocenters. The number of rotatable bonds is 3. The van der Waals surface area contributed by atoms with E-state index in [4.69, 9.17) is 11.6 Å². The Morgan fingerprint density at radius 1 is 1.41 bits per heavy atom. The van der Waals surface area contributed by atoms with Gasteiger partial charge >= 0.3 is 6.18 Å². The van der Waals surface area contributed by atoms with Crippen LogP contribution in [0.3, 0.4) is 0 Å². The summed E-state index contributed by atoms with van der Waals surface area (Å²) in [6.07, 6.45) is -6.37. The minimum atomic E-state index is -4.44. The van der Waals surface area contributed by atoms with Crippen LogP contribution in [-0.4, -0.2) is 18.1 Å². The second kappa shape index (κ2) is 4.96. The lowest BCUT2D eigenvalue weighted by molar-refractivity contribution is -0.189. The lowest BCUT2D eigenvalue weighted by Crippen LogP contribution is -2.31. The highest BCUT2D eigenvalue weighted by Crippen LogP contribution is 2.28. The van der Waals surface area contributed by atoms with E-state index in [1.54, 1.807) is 0 Å². The van der Waals surface area contributed by atoms with Crippen molar-refractivity contribution in [3.05, 3.63) is 28.8 Å². The van der Waals surface area contributed by atoms with Gasteiger partial charge in [0.1, 0.15) is 5.75 Å². The molecule has 94 valence electrons. The highest BCUT2D eigenvalue weighted by Gasteiger charge is 2.38. The molecule has 17 heavy (non-hydrogen) atoms. The van der Waals surface area contributed by atoms with Crippen LogP contribution in [0.1, 0.15) is 24.2 Å². The summed E-state index contributed by atoms with van der Waals surface area (Å²) in [5.74, 6) is -0.282. The minimum absolute atomic E-state index is 0.0233. The number of ether oxygens (including phenoxy) is 1. The maximum atomic E-state index is 12.2. The third kappa shape index (κ3) is 3.63. The third-order valence-electron chi connectivity index (χ3n) is 2.09. The highest BCUT2D eigenvalue weighted by molar-refractivity contribution is 6.34. The van der Waals surface area contributed by atoms with Gasteiger partial charge in [-0.15, -0.1) is 0 Å². The monoisotopic (exact) mass is 266 g/mol. The zero-order valence-corrected chi connectivity index (χ0v) is 9.89. The Labute approximate surface area is 101 Å². The average molecular weight is 267 g/mol. The Hall–Kier alpha value is -1.23. The van der Waals surface area contributed by atoms with E-state index in [0.29, 0.717) is 0 Å². The van der Waals surface area contributed by atoms with E-state index in [9.17, 15) is 18.0 Å². The largest absolute Gasteiger partial charge is 0.481 e. The van der Waals surface area contributed by atoms with Crippen LogP contribution in [0.2, 0.25) is 5.02 Å². The molecule has 0 aliphatic rings. The number of carbonyl (C=O) groups is 1. The van der Waals surface area contributed by atoms with Gasteiger partial charge in [0.15, 0.2) is 11.9 Å². The summed E-state index contributed by atoms with van der Waals surface area (Å²) in [6.45, 7) is 2.22. The molecule has 1 aromatic carbocycles. The quantitative estimate of drug-likeness (QED) is 0.776. The van der Waals surface area contributed by atoms with Crippen molar-refractivity contribution in [1.29, 1.82) is 0 Å². The van der Waals surface area contributed by atoms with Gasteiger partial charge in [0.25, 0.3) is 0 Å². The summed E-state index contributed by atoms with van der Waals surface area (Å²) in [7, 11) is 0. The average Bonchev–Trinajstić information content (AvgIpc) is 2.15. The van der Waals surface area contributed by atoms with Crippen molar-refractivity contribution < 1.29 is 22.7 Å². The van der Waals surface area contributed by atoms with Crippen LogP contribution in [0.25, 0.3) is 0 Å². The van der Waals surface area contributed by atoms with E-state index in [1.807, 2.05) is 0 Å². The maximum Gasteiger partial charge on any atom is 0.425 e. The second-order valence-corrected chi connectivity index (χ2v) is 3.91. The predicted octanol–water partition coefficient (Wildman–Crippen LogP) is 3.87. The highest BCUT2D eigenvalue weighted by atomic mass is 35.5. The zero-order chi connectivity index (χ0) is 13.2. The van der Waals surface area contributed by atoms with E-state index in [0.717, 1.165) is 6.92 Å². The number of hydrogen-bond acceptors (Lipinski definition) is 2. The topological polar surface area (TPSA) is 26.3 Å². The lowest BCUT2D eigenvalue weighted by atomic mass is 10.1. The normalized spacial score (nSPS) is 13.3. The molecule has 0 saturated heterocycles. The molecule has 0 saturated carbocycles. The lowest BCUT2D eigenvalue weighted by Gasteiger charge is -2.17. The van der Waals surface area contributed by atoms with Gasteiger partial charge in [-0.05, 0) is 32.0 Å². The standard InChI is InChI=1S/C11H10ClF3O2/c1-6(16)9-4-3-8(5-10(9)12)17-7(2)11(13,14)15/h3-5,7H,1-2H3. The van der Waals surface area contributed by atoms with Crippen LogP contribution in [0.15, 0.2) is 18.2 Å². The van der Waals surface area contributed by atoms with Gasteiger partial charge in [-0.1, -0.05) is 11.6 Å². The van der Waals surface area contributed by atoms with Crippen LogP contribution >= 0.6 is 11.6 Å². The summed E-state index contributed by atoms with van der Waals surface area (Å²) in [5.41, 5.74) is 0.249.